The number of nitrogens with zero attached hydrogens (tertiary/aromatic N) is 3. The van der Waals surface area contributed by atoms with Crippen LogP contribution in [0.3, 0.4) is 0 Å². The Bertz CT molecular complexity index is 1200. The van der Waals surface area contributed by atoms with Crippen molar-refractivity contribution in [2.24, 2.45) is 17.8 Å². The molecule has 2 saturated heterocycles. The Kier molecular flexibility index (Phi) is 7.65. The molecule has 0 radical (unpaired) electrons. The summed E-state index contributed by atoms with van der Waals surface area (Å²) in [6.45, 7) is 8.85. The Balaban J connectivity index is 1.67. The summed E-state index contributed by atoms with van der Waals surface area (Å²) in [5.41, 5.74) is 0.0750. The lowest BCUT2D eigenvalue weighted by molar-refractivity contribution is -0.148. The van der Waals surface area contributed by atoms with E-state index in [4.69, 9.17) is 16.3 Å². The van der Waals surface area contributed by atoms with Gasteiger partial charge < -0.3 is 24.5 Å². The van der Waals surface area contributed by atoms with Crippen molar-refractivity contribution in [3.63, 3.8) is 0 Å². The van der Waals surface area contributed by atoms with Crippen LogP contribution < -0.4 is 4.90 Å². The van der Waals surface area contributed by atoms with E-state index in [1.54, 1.807) is 15.9 Å². The Morgan fingerprint density at radius 2 is 1.90 bits per heavy atom. The maximum absolute atomic E-state index is 14.6. The molecule has 3 amide bonds. The summed E-state index contributed by atoms with van der Waals surface area (Å²) >= 11 is 6.62. The number of para-hydroxylation sites is 1. The van der Waals surface area contributed by atoms with Gasteiger partial charge in [0.25, 0.3) is 5.91 Å². The number of hydrogen-bond acceptors (Lipinski definition) is 5. The van der Waals surface area contributed by atoms with E-state index in [1.165, 1.54) is 4.90 Å². The molecule has 4 heterocycles. The molecule has 4 aliphatic heterocycles. The van der Waals surface area contributed by atoms with Crippen molar-refractivity contribution in [2.75, 3.05) is 31.1 Å². The number of anilines is 1. The van der Waals surface area contributed by atoms with Crippen LogP contribution in [0.1, 0.15) is 39.2 Å². The molecule has 9 heteroatoms. The molecule has 5 rings (SSSR count). The first-order valence-corrected chi connectivity index (χ1v) is 14.4. The van der Waals surface area contributed by atoms with E-state index < -0.39 is 35.6 Å². The molecule has 0 aliphatic carbocycles. The van der Waals surface area contributed by atoms with Crippen LogP contribution in [0, 0.1) is 24.7 Å². The SMILES string of the molecule is CCCN1CC=C[C@@H]2O[C@]34C=CCN(c5c(C)cccc5Cl)C(=O)C3N([C@@H](CO)[C@@H](C)CC)C(=O)[C@@H]4[C@@H]2C1=O. The molecule has 0 aromatic heterocycles. The number of aliphatic hydroxyl groups is 1. The van der Waals surface area contributed by atoms with Gasteiger partial charge in [0.15, 0.2) is 0 Å². The van der Waals surface area contributed by atoms with E-state index in [0.717, 1.165) is 12.0 Å². The number of halogens is 1. The van der Waals surface area contributed by atoms with Gasteiger partial charge >= 0.3 is 0 Å². The second-order valence-electron chi connectivity index (χ2n) is 11.2. The van der Waals surface area contributed by atoms with Gasteiger partial charge in [0, 0.05) is 19.6 Å². The number of aliphatic hydroxyl groups excluding tert-OH is 1. The molecule has 39 heavy (non-hydrogen) atoms. The average molecular weight is 556 g/mol. The molecule has 1 spiro atoms. The van der Waals surface area contributed by atoms with Crippen LogP contribution in [-0.2, 0) is 19.1 Å². The highest BCUT2D eigenvalue weighted by atomic mass is 35.5. The van der Waals surface area contributed by atoms with Gasteiger partial charge in [-0.25, -0.2) is 0 Å². The monoisotopic (exact) mass is 555 g/mol. The number of likely N-dealkylation sites (tertiary alicyclic amines) is 1. The smallest absolute Gasteiger partial charge is 0.253 e. The van der Waals surface area contributed by atoms with Crippen molar-refractivity contribution >= 4 is 35.0 Å². The molecule has 210 valence electrons. The van der Waals surface area contributed by atoms with E-state index >= 15 is 0 Å². The number of rotatable bonds is 7. The summed E-state index contributed by atoms with van der Waals surface area (Å²) in [4.78, 5) is 48.0. The number of hydrogen-bond donors (Lipinski definition) is 1. The number of fused-ring (bicyclic) bond motifs is 2. The minimum atomic E-state index is -1.34. The molecule has 1 N–H and O–H groups in total. The molecular weight excluding hydrogens is 518 g/mol. The first kappa shape index (κ1) is 27.9. The first-order valence-electron chi connectivity index (χ1n) is 14.0. The lowest BCUT2D eigenvalue weighted by Gasteiger charge is -2.40. The number of benzene rings is 1. The first-order chi connectivity index (χ1) is 18.7. The van der Waals surface area contributed by atoms with Gasteiger partial charge in [-0.15, -0.1) is 0 Å². The fourth-order valence-electron chi connectivity index (χ4n) is 6.94. The molecule has 0 saturated carbocycles. The van der Waals surface area contributed by atoms with Gasteiger partial charge in [-0.1, -0.05) is 75.2 Å². The van der Waals surface area contributed by atoms with Gasteiger partial charge in [-0.05, 0) is 30.9 Å². The molecule has 1 unspecified atom stereocenters. The third kappa shape index (κ3) is 4.23. The van der Waals surface area contributed by atoms with Gasteiger partial charge in [0.05, 0.1) is 41.3 Å². The van der Waals surface area contributed by atoms with E-state index in [9.17, 15) is 19.5 Å². The Labute approximate surface area is 235 Å². The van der Waals surface area contributed by atoms with Crippen molar-refractivity contribution in [3.05, 3.63) is 53.1 Å². The lowest BCUT2D eigenvalue weighted by atomic mass is 9.77. The third-order valence-corrected chi connectivity index (χ3v) is 9.28. The maximum atomic E-state index is 14.6. The summed E-state index contributed by atoms with van der Waals surface area (Å²) in [6, 6.07) is 3.81. The van der Waals surface area contributed by atoms with Crippen molar-refractivity contribution in [3.8, 4) is 0 Å². The van der Waals surface area contributed by atoms with Crippen LogP contribution >= 0.6 is 11.6 Å². The van der Waals surface area contributed by atoms with Crippen molar-refractivity contribution in [1.82, 2.24) is 9.80 Å². The molecular formula is C30H38ClN3O5. The molecule has 4 aliphatic rings. The Hall–Kier alpha value is -2.68. The van der Waals surface area contributed by atoms with Crippen LogP contribution in [0.5, 0.6) is 0 Å². The Morgan fingerprint density at radius 3 is 2.56 bits per heavy atom. The fourth-order valence-corrected chi connectivity index (χ4v) is 7.26. The number of ether oxygens (including phenoxy) is 1. The highest BCUT2D eigenvalue weighted by Gasteiger charge is 2.72. The minimum absolute atomic E-state index is 0.0810. The lowest BCUT2D eigenvalue weighted by Crippen LogP contribution is -2.59. The minimum Gasteiger partial charge on any atom is -0.394 e. The van der Waals surface area contributed by atoms with Gasteiger partial charge in [-0.2, -0.15) is 0 Å². The topological polar surface area (TPSA) is 90.4 Å². The summed E-state index contributed by atoms with van der Waals surface area (Å²) in [5.74, 6) is -2.49. The van der Waals surface area contributed by atoms with E-state index in [2.05, 4.69) is 0 Å². The van der Waals surface area contributed by atoms with Crippen LogP contribution in [-0.4, -0.2) is 82.7 Å². The number of amides is 3. The predicted molar refractivity (Wildman–Crippen MR) is 149 cm³/mol. The number of carbonyl (C=O) groups is 3. The highest BCUT2D eigenvalue weighted by molar-refractivity contribution is 6.34. The Morgan fingerprint density at radius 1 is 1.13 bits per heavy atom. The van der Waals surface area contributed by atoms with E-state index in [0.29, 0.717) is 30.2 Å². The molecule has 2 fully saturated rings. The third-order valence-electron chi connectivity index (χ3n) is 8.98. The van der Waals surface area contributed by atoms with Crippen LogP contribution in [0.15, 0.2) is 42.5 Å². The van der Waals surface area contributed by atoms with E-state index in [-0.39, 0.29) is 36.8 Å². The maximum Gasteiger partial charge on any atom is 0.253 e. The molecule has 8 nitrogen and oxygen atoms in total. The fraction of sp³-hybridized carbons (Fsp3) is 0.567. The predicted octanol–water partition coefficient (Wildman–Crippen LogP) is 3.35. The molecule has 1 aromatic rings. The van der Waals surface area contributed by atoms with Crippen molar-refractivity contribution in [1.29, 1.82) is 0 Å². The summed E-state index contributed by atoms with van der Waals surface area (Å²) in [6.07, 6.45) is 8.35. The second kappa shape index (κ2) is 10.7. The van der Waals surface area contributed by atoms with E-state index in [1.807, 2.05) is 64.1 Å². The van der Waals surface area contributed by atoms with Crippen molar-refractivity contribution < 1.29 is 24.2 Å². The number of carbonyl (C=O) groups excluding carboxylic acids is 3. The summed E-state index contributed by atoms with van der Waals surface area (Å²) < 4.78 is 6.72. The zero-order chi connectivity index (χ0) is 28.1. The quantitative estimate of drug-likeness (QED) is 0.521. The molecule has 1 aromatic carbocycles. The van der Waals surface area contributed by atoms with Gasteiger partial charge in [-0.3, -0.25) is 14.4 Å². The van der Waals surface area contributed by atoms with Crippen LogP contribution in [0.2, 0.25) is 5.02 Å². The normalized spacial score (nSPS) is 31.6. The van der Waals surface area contributed by atoms with Crippen LogP contribution in [0.25, 0.3) is 0 Å². The molecule has 7 atom stereocenters. The molecule has 0 bridgehead atoms. The highest BCUT2D eigenvalue weighted by Crippen LogP contribution is 2.54. The second-order valence-corrected chi connectivity index (χ2v) is 11.6. The van der Waals surface area contributed by atoms with Crippen molar-refractivity contribution in [2.45, 2.75) is 64.3 Å². The average Bonchev–Trinajstić information content (AvgIpc) is 3.23. The van der Waals surface area contributed by atoms with Gasteiger partial charge in [0.1, 0.15) is 11.6 Å². The standard InChI is InChI=1S/C30H38ClN3O5/c1-5-14-32-15-8-12-22-23(27(32)36)24-28(37)34(21(17-35)18(3)6-2)26-29(38)33(16-9-13-30(24,26)39-22)25-19(4)10-7-11-20(25)31/h7-13,18,21-24,26,35H,5-6,14-17H2,1-4H3/t18-,21-,22-,23+,24-,26?,30-/m0/s1. The summed E-state index contributed by atoms with van der Waals surface area (Å²) in [7, 11) is 0. The van der Waals surface area contributed by atoms with Gasteiger partial charge in [0.2, 0.25) is 11.8 Å². The largest absolute Gasteiger partial charge is 0.394 e. The number of aryl methyl sites for hydroxylation is 1. The zero-order valence-corrected chi connectivity index (χ0v) is 23.8. The summed E-state index contributed by atoms with van der Waals surface area (Å²) in [5, 5.41) is 11.0. The van der Waals surface area contributed by atoms with Crippen LogP contribution in [0.4, 0.5) is 5.69 Å². The zero-order valence-electron chi connectivity index (χ0n) is 23.0.